The Kier molecular flexibility index (Phi) is 6.73. The number of carbonyl (C=O) groups is 1. The lowest BCUT2D eigenvalue weighted by atomic mass is 10.1. The predicted octanol–water partition coefficient (Wildman–Crippen LogP) is 1.66. The predicted molar refractivity (Wildman–Crippen MR) is 99.8 cm³/mol. The Bertz CT molecular complexity index is 742. The van der Waals surface area contributed by atoms with Crippen molar-refractivity contribution in [1.29, 1.82) is 0 Å². The second kappa shape index (κ2) is 8.22. The first-order valence-electron chi connectivity index (χ1n) is 8.16. The first kappa shape index (κ1) is 20.5. The molecule has 2 saturated heterocycles. The lowest BCUT2D eigenvalue weighted by Gasteiger charge is -2.40. The summed E-state index contributed by atoms with van der Waals surface area (Å²) in [6, 6.07) is 4.86. The molecule has 0 aromatic heterocycles. The monoisotopic (exact) mass is 407 g/mol. The number of sulfonamides is 1. The molecular weight excluding hydrogens is 385 g/mol. The van der Waals surface area contributed by atoms with Gasteiger partial charge in [-0.15, -0.1) is 12.4 Å². The van der Waals surface area contributed by atoms with Gasteiger partial charge in [-0.25, -0.2) is 8.42 Å². The zero-order chi connectivity index (χ0) is 17.3. The number of hydrogen-bond acceptors (Lipinski definition) is 4. The summed E-state index contributed by atoms with van der Waals surface area (Å²) in [6.07, 6.45) is 1.59. The molecule has 1 atom stereocenters. The maximum atomic E-state index is 13.0. The number of halogens is 2. The minimum Gasteiger partial charge on any atom is -0.336 e. The standard InChI is InChI=1S/C16H22ClN3O3S.ClH/c1-12-4-5-13(17)9-15(12)24(22,23)19-7-2-3-14(11-19)20-8-6-18-10-16(20)21;/h4-5,9,14,18H,2-3,6-8,10-11H2,1H3;1H. The first-order chi connectivity index (χ1) is 11.4. The molecule has 2 aliphatic rings. The Morgan fingerprint density at radius 2 is 2.04 bits per heavy atom. The van der Waals surface area contributed by atoms with Gasteiger partial charge in [0, 0.05) is 37.2 Å². The van der Waals surface area contributed by atoms with Gasteiger partial charge in [0.1, 0.15) is 0 Å². The van der Waals surface area contributed by atoms with Crippen molar-refractivity contribution in [3.63, 3.8) is 0 Å². The van der Waals surface area contributed by atoms with E-state index in [0.717, 1.165) is 19.4 Å². The van der Waals surface area contributed by atoms with Gasteiger partial charge in [-0.2, -0.15) is 4.31 Å². The average Bonchev–Trinajstić information content (AvgIpc) is 2.57. The van der Waals surface area contributed by atoms with E-state index in [4.69, 9.17) is 11.6 Å². The molecule has 0 bridgehead atoms. The van der Waals surface area contributed by atoms with Gasteiger partial charge in [0.2, 0.25) is 15.9 Å². The summed E-state index contributed by atoms with van der Waals surface area (Å²) in [5, 5.41) is 3.45. The fraction of sp³-hybridized carbons (Fsp3) is 0.562. The Labute approximate surface area is 160 Å². The van der Waals surface area contributed by atoms with Crippen LogP contribution >= 0.6 is 24.0 Å². The topological polar surface area (TPSA) is 69.7 Å². The number of hydrogen-bond donors (Lipinski definition) is 1. The minimum atomic E-state index is -3.61. The molecule has 0 spiro atoms. The highest BCUT2D eigenvalue weighted by Gasteiger charge is 2.35. The summed E-state index contributed by atoms with van der Waals surface area (Å²) >= 11 is 5.99. The second-order valence-electron chi connectivity index (χ2n) is 6.33. The van der Waals surface area contributed by atoms with Crippen LogP contribution < -0.4 is 5.32 Å². The number of rotatable bonds is 3. The molecule has 1 amide bonds. The van der Waals surface area contributed by atoms with Crippen molar-refractivity contribution in [2.45, 2.75) is 30.7 Å². The van der Waals surface area contributed by atoms with E-state index < -0.39 is 10.0 Å². The number of nitrogens with one attached hydrogen (secondary N) is 1. The molecular formula is C16H23Cl2N3O3S. The molecule has 9 heteroatoms. The molecule has 1 unspecified atom stereocenters. The summed E-state index contributed by atoms with van der Waals surface area (Å²) in [6.45, 7) is 4.31. The Hall–Kier alpha value is -0.860. The Balaban J connectivity index is 0.00000225. The molecule has 3 rings (SSSR count). The van der Waals surface area contributed by atoms with Crippen molar-refractivity contribution in [3.05, 3.63) is 28.8 Å². The van der Waals surface area contributed by atoms with Gasteiger partial charge in [-0.05, 0) is 37.5 Å². The van der Waals surface area contributed by atoms with E-state index in [0.29, 0.717) is 36.8 Å². The molecule has 0 saturated carbocycles. The fourth-order valence-electron chi connectivity index (χ4n) is 3.39. The van der Waals surface area contributed by atoms with Crippen molar-refractivity contribution in [1.82, 2.24) is 14.5 Å². The number of piperazine rings is 1. The van der Waals surface area contributed by atoms with Crippen LogP contribution in [0.25, 0.3) is 0 Å². The third kappa shape index (κ3) is 4.28. The van der Waals surface area contributed by atoms with Gasteiger partial charge in [-0.1, -0.05) is 17.7 Å². The normalized spacial score (nSPS) is 22.6. The van der Waals surface area contributed by atoms with Crippen LogP contribution in [0.4, 0.5) is 0 Å². The zero-order valence-corrected chi connectivity index (χ0v) is 16.5. The summed E-state index contributed by atoms with van der Waals surface area (Å²) in [7, 11) is -3.61. The van der Waals surface area contributed by atoms with E-state index in [1.54, 1.807) is 19.1 Å². The smallest absolute Gasteiger partial charge is 0.243 e. The SMILES string of the molecule is Cc1ccc(Cl)cc1S(=O)(=O)N1CCCC(N2CCNCC2=O)C1.Cl. The largest absolute Gasteiger partial charge is 0.336 e. The maximum absolute atomic E-state index is 13.0. The van der Waals surface area contributed by atoms with Crippen molar-refractivity contribution < 1.29 is 13.2 Å². The Morgan fingerprint density at radius 3 is 2.76 bits per heavy atom. The number of amides is 1. The maximum Gasteiger partial charge on any atom is 0.243 e. The van der Waals surface area contributed by atoms with Crippen LogP contribution in [0.2, 0.25) is 5.02 Å². The van der Waals surface area contributed by atoms with E-state index in [1.165, 1.54) is 10.4 Å². The highest BCUT2D eigenvalue weighted by molar-refractivity contribution is 7.89. The molecule has 1 N–H and O–H groups in total. The van der Waals surface area contributed by atoms with Crippen LogP contribution in [0.1, 0.15) is 18.4 Å². The minimum absolute atomic E-state index is 0. The van der Waals surface area contributed by atoms with Crippen LogP contribution in [0.5, 0.6) is 0 Å². The number of carbonyl (C=O) groups excluding carboxylic acids is 1. The van der Waals surface area contributed by atoms with Crippen molar-refractivity contribution >= 4 is 39.9 Å². The summed E-state index contributed by atoms with van der Waals surface area (Å²) in [4.78, 5) is 14.2. The molecule has 0 radical (unpaired) electrons. The molecule has 2 aliphatic heterocycles. The third-order valence-electron chi connectivity index (χ3n) is 4.69. The van der Waals surface area contributed by atoms with Gasteiger partial charge in [0.05, 0.1) is 11.4 Å². The van der Waals surface area contributed by atoms with E-state index in [2.05, 4.69) is 5.32 Å². The molecule has 2 fully saturated rings. The highest BCUT2D eigenvalue weighted by Crippen LogP contribution is 2.27. The molecule has 2 heterocycles. The second-order valence-corrected chi connectivity index (χ2v) is 8.68. The number of aryl methyl sites for hydroxylation is 1. The lowest BCUT2D eigenvalue weighted by Crippen LogP contribution is -2.57. The van der Waals surface area contributed by atoms with E-state index in [-0.39, 0.29) is 29.3 Å². The molecule has 0 aliphatic carbocycles. The van der Waals surface area contributed by atoms with Gasteiger partial charge in [0.25, 0.3) is 0 Å². The lowest BCUT2D eigenvalue weighted by molar-refractivity contribution is -0.135. The fourth-order valence-corrected chi connectivity index (χ4v) is 5.40. The van der Waals surface area contributed by atoms with Crippen LogP contribution in [0.3, 0.4) is 0 Å². The summed E-state index contributed by atoms with van der Waals surface area (Å²) in [5.74, 6) is 0.0458. The van der Waals surface area contributed by atoms with E-state index in [9.17, 15) is 13.2 Å². The number of piperidine rings is 1. The van der Waals surface area contributed by atoms with Crippen molar-refractivity contribution in [2.24, 2.45) is 0 Å². The first-order valence-corrected chi connectivity index (χ1v) is 9.98. The molecule has 6 nitrogen and oxygen atoms in total. The quantitative estimate of drug-likeness (QED) is 0.826. The summed E-state index contributed by atoms with van der Waals surface area (Å²) < 4.78 is 27.5. The van der Waals surface area contributed by atoms with Gasteiger partial charge < -0.3 is 10.2 Å². The number of benzene rings is 1. The van der Waals surface area contributed by atoms with E-state index in [1.807, 2.05) is 4.90 Å². The van der Waals surface area contributed by atoms with Gasteiger partial charge in [0.15, 0.2) is 0 Å². The molecule has 1 aromatic rings. The van der Waals surface area contributed by atoms with Crippen molar-refractivity contribution in [2.75, 3.05) is 32.7 Å². The van der Waals surface area contributed by atoms with Crippen LogP contribution in [0, 0.1) is 6.92 Å². The zero-order valence-electron chi connectivity index (χ0n) is 14.1. The van der Waals surface area contributed by atoms with Crippen LogP contribution in [-0.2, 0) is 14.8 Å². The summed E-state index contributed by atoms with van der Waals surface area (Å²) in [5.41, 5.74) is 0.680. The van der Waals surface area contributed by atoms with Gasteiger partial charge in [-0.3, -0.25) is 4.79 Å². The third-order valence-corrected chi connectivity index (χ3v) is 6.94. The molecule has 25 heavy (non-hydrogen) atoms. The number of nitrogens with zero attached hydrogens (tertiary/aromatic N) is 2. The highest BCUT2D eigenvalue weighted by atomic mass is 35.5. The average molecular weight is 408 g/mol. The molecule has 140 valence electrons. The Morgan fingerprint density at radius 1 is 1.28 bits per heavy atom. The van der Waals surface area contributed by atoms with Crippen LogP contribution in [-0.4, -0.2) is 62.3 Å². The molecule has 1 aromatic carbocycles. The van der Waals surface area contributed by atoms with Crippen LogP contribution in [0.15, 0.2) is 23.1 Å². The van der Waals surface area contributed by atoms with Gasteiger partial charge >= 0.3 is 0 Å². The van der Waals surface area contributed by atoms with Crippen molar-refractivity contribution in [3.8, 4) is 0 Å². The van der Waals surface area contributed by atoms with E-state index >= 15 is 0 Å².